The van der Waals surface area contributed by atoms with Crippen LogP contribution < -0.4 is 5.32 Å². The van der Waals surface area contributed by atoms with Crippen LogP contribution in [0, 0.1) is 0 Å². The zero-order valence-electron chi connectivity index (χ0n) is 13.4. The molecule has 0 aliphatic heterocycles. The molecule has 3 rings (SSSR count). The van der Waals surface area contributed by atoms with Gasteiger partial charge >= 0.3 is 13.3 Å². The molecular formula is C16H12BrF2N2O4PS. The van der Waals surface area contributed by atoms with Gasteiger partial charge in [0.25, 0.3) is 5.91 Å². The van der Waals surface area contributed by atoms with Crippen molar-refractivity contribution in [2.24, 2.45) is 0 Å². The lowest BCUT2D eigenvalue weighted by molar-refractivity contribution is 0.0595. The summed E-state index contributed by atoms with van der Waals surface area (Å²) in [6.07, 6.45) is 3.22. The van der Waals surface area contributed by atoms with E-state index in [1.165, 1.54) is 18.2 Å². The van der Waals surface area contributed by atoms with Gasteiger partial charge in [0.1, 0.15) is 4.88 Å². The Hall–Kier alpha value is -1.71. The lowest BCUT2D eigenvalue weighted by Gasteiger charge is -2.16. The summed E-state index contributed by atoms with van der Waals surface area (Å²) in [5.41, 5.74) is -3.29. The molecule has 1 amide bonds. The molecule has 0 atom stereocenters. The maximum absolute atomic E-state index is 14.1. The third kappa shape index (κ3) is 3.95. The first-order chi connectivity index (χ1) is 12.6. The van der Waals surface area contributed by atoms with Crippen LogP contribution in [0.1, 0.15) is 20.8 Å². The highest BCUT2D eigenvalue weighted by Gasteiger charge is 2.53. The largest absolute Gasteiger partial charge is 0.400 e. The average Bonchev–Trinajstić information content (AvgIpc) is 2.96. The van der Waals surface area contributed by atoms with Crippen molar-refractivity contribution in [1.82, 2.24) is 10.3 Å². The lowest BCUT2D eigenvalue weighted by Crippen LogP contribution is -2.22. The standard InChI is InChI=1S/C16H12BrF2N2O4PS/c17-13-11-6-10(15(22)21-8-9-2-1-5-20-7-9)3-4-12(11)27-14(13)16(18,19)26(23,24)25/h1-7H,8H2,(H,21,22)(H2,23,24,25). The van der Waals surface area contributed by atoms with Gasteiger partial charge in [-0.3, -0.25) is 14.3 Å². The summed E-state index contributed by atoms with van der Waals surface area (Å²) in [6, 6.07) is 7.85. The molecule has 1 aromatic carbocycles. The summed E-state index contributed by atoms with van der Waals surface area (Å²) >= 11 is 3.55. The van der Waals surface area contributed by atoms with Crippen LogP contribution in [0.15, 0.2) is 47.2 Å². The summed E-state index contributed by atoms with van der Waals surface area (Å²) in [7, 11) is -5.69. The monoisotopic (exact) mass is 476 g/mol. The molecule has 0 bridgehead atoms. The van der Waals surface area contributed by atoms with Crippen LogP contribution in [-0.4, -0.2) is 20.7 Å². The molecule has 0 fully saturated rings. The Labute approximate surface area is 164 Å². The SMILES string of the molecule is O=C(NCc1cccnc1)c1ccc2sc(C(F)(F)P(=O)(O)O)c(Br)c2c1. The first-order valence-corrected chi connectivity index (χ1v) is 10.7. The van der Waals surface area contributed by atoms with Crippen LogP contribution >= 0.6 is 34.9 Å². The quantitative estimate of drug-likeness (QED) is 0.479. The molecular weight excluding hydrogens is 465 g/mol. The number of carbonyl (C=O) groups excluding carboxylic acids is 1. The van der Waals surface area contributed by atoms with Gasteiger partial charge in [0.15, 0.2) is 0 Å². The number of carbonyl (C=O) groups is 1. The fourth-order valence-corrected chi connectivity index (χ4v) is 5.25. The third-order valence-electron chi connectivity index (χ3n) is 3.70. The Morgan fingerprint density at radius 3 is 2.70 bits per heavy atom. The number of fused-ring (bicyclic) bond motifs is 1. The van der Waals surface area contributed by atoms with E-state index in [4.69, 9.17) is 9.79 Å². The van der Waals surface area contributed by atoms with Crippen LogP contribution in [0.2, 0.25) is 0 Å². The highest BCUT2D eigenvalue weighted by atomic mass is 79.9. The molecule has 0 saturated carbocycles. The predicted molar refractivity (Wildman–Crippen MR) is 101 cm³/mol. The van der Waals surface area contributed by atoms with E-state index in [0.717, 1.165) is 5.56 Å². The minimum atomic E-state index is -5.69. The molecule has 2 heterocycles. The van der Waals surface area contributed by atoms with E-state index >= 15 is 0 Å². The van der Waals surface area contributed by atoms with Crippen molar-refractivity contribution in [3.63, 3.8) is 0 Å². The summed E-state index contributed by atoms with van der Waals surface area (Å²) < 4.78 is 39.5. The maximum atomic E-state index is 14.1. The molecule has 142 valence electrons. The van der Waals surface area contributed by atoms with Crippen molar-refractivity contribution >= 4 is 50.9 Å². The smallest absolute Gasteiger partial charge is 0.348 e. The molecule has 11 heteroatoms. The first-order valence-electron chi connectivity index (χ1n) is 7.44. The number of amides is 1. The Balaban J connectivity index is 1.90. The van der Waals surface area contributed by atoms with E-state index in [1.807, 2.05) is 0 Å². The zero-order valence-corrected chi connectivity index (χ0v) is 16.7. The van der Waals surface area contributed by atoms with Crippen molar-refractivity contribution in [2.75, 3.05) is 0 Å². The number of pyridine rings is 1. The number of halogens is 3. The molecule has 3 N–H and O–H groups in total. The van der Waals surface area contributed by atoms with E-state index in [-0.39, 0.29) is 22.0 Å². The van der Waals surface area contributed by atoms with E-state index in [2.05, 4.69) is 26.2 Å². The molecule has 0 radical (unpaired) electrons. The second-order valence-electron chi connectivity index (χ2n) is 5.59. The van der Waals surface area contributed by atoms with Crippen LogP contribution in [-0.2, 0) is 16.8 Å². The number of benzene rings is 1. The Morgan fingerprint density at radius 1 is 1.33 bits per heavy atom. The number of rotatable bonds is 5. The minimum absolute atomic E-state index is 0.141. The van der Waals surface area contributed by atoms with Crippen molar-refractivity contribution < 1.29 is 27.9 Å². The molecule has 0 aliphatic rings. The molecule has 27 heavy (non-hydrogen) atoms. The molecule has 0 unspecified atom stereocenters. The number of hydrogen-bond acceptors (Lipinski definition) is 4. The van der Waals surface area contributed by atoms with Gasteiger partial charge < -0.3 is 15.1 Å². The number of thiophene rings is 1. The van der Waals surface area contributed by atoms with Gasteiger partial charge in [0.2, 0.25) is 0 Å². The molecule has 0 aliphatic carbocycles. The molecule has 3 aromatic rings. The average molecular weight is 477 g/mol. The van der Waals surface area contributed by atoms with Crippen molar-refractivity contribution in [1.29, 1.82) is 0 Å². The minimum Gasteiger partial charge on any atom is -0.348 e. The van der Waals surface area contributed by atoms with Crippen molar-refractivity contribution in [3.05, 3.63) is 63.2 Å². The second kappa shape index (κ2) is 7.37. The molecule has 2 aromatic heterocycles. The Kier molecular flexibility index (Phi) is 5.47. The van der Waals surface area contributed by atoms with Gasteiger partial charge in [0, 0.05) is 39.1 Å². The predicted octanol–water partition coefficient (Wildman–Crippen LogP) is 4.22. The highest BCUT2D eigenvalue weighted by molar-refractivity contribution is 9.10. The summed E-state index contributed by atoms with van der Waals surface area (Å²) in [4.78, 5) is 33.4. The van der Waals surface area contributed by atoms with E-state index in [1.54, 1.807) is 24.5 Å². The topological polar surface area (TPSA) is 99.5 Å². The summed E-state index contributed by atoms with van der Waals surface area (Å²) in [5, 5.41) is 2.97. The van der Waals surface area contributed by atoms with Gasteiger partial charge in [0.05, 0.1) is 0 Å². The van der Waals surface area contributed by atoms with E-state index < -0.39 is 24.0 Å². The fourth-order valence-electron chi connectivity index (χ4n) is 2.32. The van der Waals surface area contributed by atoms with Crippen LogP contribution in [0.25, 0.3) is 10.1 Å². The number of hydrogen-bond donors (Lipinski definition) is 3. The Morgan fingerprint density at radius 2 is 2.07 bits per heavy atom. The fraction of sp³-hybridized carbons (Fsp3) is 0.125. The summed E-state index contributed by atoms with van der Waals surface area (Å²) in [5.74, 6) is -0.415. The third-order valence-corrected chi connectivity index (χ3v) is 7.14. The van der Waals surface area contributed by atoms with Gasteiger partial charge in [-0.2, -0.15) is 8.78 Å². The van der Waals surface area contributed by atoms with Gasteiger partial charge in [-0.15, -0.1) is 11.3 Å². The first kappa shape index (κ1) is 20.0. The van der Waals surface area contributed by atoms with Crippen LogP contribution in [0.3, 0.4) is 0 Å². The number of nitrogens with zero attached hydrogens (tertiary/aromatic N) is 1. The van der Waals surface area contributed by atoms with E-state index in [0.29, 0.717) is 16.0 Å². The van der Waals surface area contributed by atoms with Crippen molar-refractivity contribution in [3.8, 4) is 0 Å². The molecule has 6 nitrogen and oxygen atoms in total. The number of alkyl halides is 2. The van der Waals surface area contributed by atoms with Crippen LogP contribution in [0.4, 0.5) is 8.78 Å². The highest BCUT2D eigenvalue weighted by Crippen LogP contribution is 2.62. The number of nitrogens with one attached hydrogen (secondary N) is 1. The Bertz CT molecular complexity index is 1060. The van der Waals surface area contributed by atoms with Crippen molar-refractivity contribution in [2.45, 2.75) is 12.2 Å². The lowest BCUT2D eigenvalue weighted by atomic mass is 10.1. The van der Waals surface area contributed by atoms with E-state index in [9.17, 15) is 18.1 Å². The van der Waals surface area contributed by atoms with Crippen LogP contribution in [0.5, 0.6) is 0 Å². The molecule has 0 spiro atoms. The van der Waals surface area contributed by atoms with Gasteiger partial charge in [-0.1, -0.05) is 6.07 Å². The normalized spacial score (nSPS) is 12.3. The zero-order chi connectivity index (χ0) is 19.8. The number of aromatic nitrogens is 1. The summed E-state index contributed by atoms with van der Waals surface area (Å²) in [6.45, 7) is 0.247. The maximum Gasteiger partial charge on any atom is 0.400 e. The van der Waals surface area contributed by atoms with Gasteiger partial charge in [-0.25, -0.2) is 0 Å². The van der Waals surface area contributed by atoms with Gasteiger partial charge in [-0.05, 0) is 45.8 Å². The second-order valence-corrected chi connectivity index (χ2v) is 9.08. The molecule has 0 saturated heterocycles.